The summed E-state index contributed by atoms with van der Waals surface area (Å²) in [6.45, 7) is 3.25. The molecule has 0 amide bonds. The minimum Gasteiger partial charge on any atom is -0.508 e. The fourth-order valence-corrected chi connectivity index (χ4v) is 1.49. The number of hydrogen-bond donors (Lipinski definition) is 6. The number of carboxylic acid groups (broad SMARTS) is 3. The normalized spacial score (nSPS) is 8.93. The van der Waals surface area contributed by atoms with E-state index < -0.39 is 17.9 Å². The number of aliphatic carboxylic acids is 3. The Morgan fingerprint density at radius 2 is 0.897 bits per heavy atom. The predicted octanol–water partition coefficient (Wildman–Crippen LogP) is 3.25. The molecule has 29 heavy (non-hydrogen) atoms. The van der Waals surface area contributed by atoms with Gasteiger partial charge in [-0.3, -0.25) is 14.4 Å². The second kappa shape index (κ2) is 15.1. The Morgan fingerprint density at radius 3 is 1.24 bits per heavy atom. The monoisotopic (exact) mass is 408 g/mol. The summed E-state index contributed by atoms with van der Waals surface area (Å²) >= 11 is 0. The zero-order valence-electron chi connectivity index (χ0n) is 16.1. The summed E-state index contributed by atoms with van der Waals surface area (Å²) in [4.78, 5) is 27.0. The SMILES string of the molecule is CC(=O)O.CC(=O)O.CC(=O)O.Oc1ccc(C=Cc2cc(O)cc(O)c2)cc1. The molecule has 0 aliphatic carbocycles. The van der Waals surface area contributed by atoms with Crippen LogP contribution in [0.5, 0.6) is 17.2 Å². The maximum atomic E-state index is 9.30. The average Bonchev–Trinajstić information content (AvgIpc) is 2.52. The van der Waals surface area contributed by atoms with Crippen LogP contribution in [-0.4, -0.2) is 48.5 Å². The summed E-state index contributed by atoms with van der Waals surface area (Å²) in [5.74, 6) is -2.23. The van der Waals surface area contributed by atoms with Crippen molar-refractivity contribution in [3.8, 4) is 17.2 Å². The van der Waals surface area contributed by atoms with Gasteiger partial charge in [-0.05, 0) is 35.4 Å². The van der Waals surface area contributed by atoms with Gasteiger partial charge in [-0.25, -0.2) is 0 Å². The van der Waals surface area contributed by atoms with Gasteiger partial charge >= 0.3 is 0 Å². The summed E-state index contributed by atoms with van der Waals surface area (Å²) in [6.07, 6.45) is 3.60. The van der Waals surface area contributed by atoms with Crippen molar-refractivity contribution in [1.82, 2.24) is 0 Å². The molecule has 2 aromatic rings. The van der Waals surface area contributed by atoms with Crippen LogP contribution < -0.4 is 0 Å². The third-order valence-corrected chi connectivity index (χ3v) is 2.29. The van der Waals surface area contributed by atoms with Crippen LogP contribution >= 0.6 is 0 Å². The Morgan fingerprint density at radius 1 is 0.586 bits per heavy atom. The van der Waals surface area contributed by atoms with Crippen LogP contribution in [0.3, 0.4) is 0 Å². The Labute approximate surface area is 167 Å². The summed E-state index contributed by atoms with van der Waals surface area (Å²) in [7, 11) is 0. The van der Waals surface area contributed by atoms with Crippen molar-refractivity contribution in [3.05, 3.63) is 53.6 Å². The predicted molar refractivity (Wildman–Crippen MR) is 107 cm³/mol. The highest BCUT2D eigenvalue weighted by atomic mass is 16.4. The number of carbonyl (C=O) groups is 3. The second-order valence-electron chi connectivity index (χ2n) is 5.26. The lowest BCUT2D eigenvalue weighted by Crippen LogP contribution is -1.78. The van der Waals surface area contributed by atoms with Crippen molar-refractivity contribution in [2.75, 3.05) is 0 Å². The number of phenolic OH excluding ortho intramolecular Hbond substituents is 3. The maximum Gasteiger partial charge on any atom is 0.300 e. The number of carboxylic acids is 3. The molecule has 0 bridgehead atoms. The standard InChI is InChI=1S/C14H12O3.3C2H4O2/c15-12-5-3-10(4-6-12)1-2-11-7-13(16)9-14(17)8-11;3*1-2(3)4/h1-9,15-17H;3*1H3,(H,3,4). The van der Waals surface area contributed by atoms with Crippen LogP contribution in [0, 0.1) is 0 Å². The molecule has 6 N–H and O–H groups in total. The van der Waals surface area contributed by atoms with E-state index in [1.54, 1.807) is 42.5 Å². The van der Waals surface area contributed by atoms with Crippen LogP contribution in [0.1, 0.15) is 31.9 Å². The van der Waals surface area contributed by atoms with Crippen molar-refractivity contribution in [2.45, 2.75) is 20.8 Å². The molecule has 0 saturated heterocycles. The first-order valence-electron chi connectivity index (χ1n) is 7.92. The van der Waals surface area contributed by atoms with E-state index in [-0.39, 0.29) is 17.2 Å². The van der Waals surface area contributed by atoms with E-state index in [9.17, 15) is 10.2 Å². The summed E-state index contributed by atoms with van der Waals surface area (Å²) in [5, 5.41) is 50.0. The molecule has 9 heteroatoms. The Balaban J connectivity index is 0. The number of aromatic hydroxyl groups is 3. The molecule has 0 aliphatic heterocycles. The zero-order valence-corrected chi connectivity index (χ0v) is 16.1. The van der Waals surface area contributed by atoms with Crippen LogP contribution in [-0.2, 0) is 14.4 Å². The summed E-state index contributed by atoms with van der Waals surface area (Å²) in [5.41, 5.74) is 1.63. The molecule has 2 rings (SSSR count). The van der Waals surface area contributed by atoms with E-state index in [0.717, 1.165) is 26.3 Å². The molecule has 2 aromatic carbocycles. The maximum absolute atomic E-state index is 9.30. The highest BCUT2D eigenvalue weighted by molar-refractivity contribution is 5.71. The van der Waals surface area contributed by atoms with E-state index in [0.29, 0.717) is 5.56 Å². The Bertz CT molecular complexity index is 748. The van der Waals surface area contributed by atoms with E-state index in [4.69, 9.17) is 34.8 Å². The Hall–Kier alpha value is -4.01. The molecule has 0 unspecified atom stereocenters. The highest BCUT2D eigenvalue weighted by Gasteiger charge is 1.95. The zero-order chi connectivity index (χ0) is 23.0. The topological polar surface area (TPSA) is 173 Å². The molecular weight excluding hydrogens is 384 g/mol. The fraction of sp³-hybridized carbons (Fsp3) is 0.150. The van der Waals surface area contributed by atoms with Crippen molar-refractivity contribution >= 4 is 30.1 Å². The van der Waals surface area contributed by atoms with Crippen molar-refractivity contribution in [1.29, 1.82) is 0 Å². The minimum absolute atomic E-state index is 0.0235. The Kier molecular flexibility index (Phi) is 14.2. The van der Waals surface area contributed by atoms with Gasteiger partial charge in [-0.1, -0.05) is 24.3 Å². The lowest BCUT2D eigenvalue weighted by molar-refractivity contribution is -0.135. The molecule has 0 atom stereocenters. The second-order valence-corrected chi connectivity index (χ2v) is 5.26. The molecule has 158 valence electrons. The lowest BCUT2D eigenvalue weighted by atomic mass is 10.1. The van der Waals surface area contributed by atoms with E-state index in [2.05, 4.69) is 0 Å². The van der Waals surface area contributed by atoms with Crippen LogP contribution in [0.15, 0.2) is 42.5 Å². The van der Waals surface area contributed by atoms with Gasteiger partial charge < -0.3 is 30.6 Å². The molecular formula is C20H24O9. The molecule has 0 fully saturated rings. The quantitative estimate of drug-likeness (QED) is 0.408. The number of benzene rings is 2. The van der Waals surface area contributed by atoms with Gasteiger partial charge in [0.25, 0.3) is 17.9 Å². The third-order valence-electron chi connectivity index (χ3n) is 2.29. The minimum atomic E-state index is -0.833. The molecule has 0 spiro atoms. The van der Waals surface area contributed by atoms with Gasteiger partial charge in [0.15, 0.2) is 0 Å². The van der Waals surface area contributed by atoms with E-state index >= 15 is 0 Å². The average molecular weight is 408 g/mol. The van der Waals surface area contributed by atoms with Gasteiger partial charge in [0.1, 0.15) is 17.2 Å². The van der Waals surface area contributed by atoms with Gasteiger partial charge in [-0.2, -0.15) is 0 Å². The fourth-order valence-electron chi connectivity index (χ4n) is 1.49. The van der Waals surface area contributed by atoms with Crippen molar-refractivity contribution in [3.63, 3.8) is 0 Å². The first kappa shape index (κ1) is 27.2. The summed E-state index contributed by atoms with van der Waals surface area (Å²) < 4.78 is 0. The van der Waals surface area contributed by atoms with Gasteiger partial charge in [0.2, 0.25) is 0 Å². The van der Waals surface area contributed by atoms with Crippen LogP contribution in [0.25, 0.3) is 12.2 Å². The van der Waals surface area contributed by atoms with Crippen molar-refractivity contribution < 1.29 is 45.0 Å². The summed E-state index contributed by atoms with van der Waals surface area (Å²) in [6, 6.07) is 11.1. The van der Waals surface area contributed by atoms with Gasteiger partial charge in [0, 0.05) is 26.8 Å². The molecule has 0 aromatic heterocycles. The molecule has 9 nitrogen and oxygen atoms in total. The number of rotatable bonds is 2. The van der Waals surface area contributed by atoms with Crippen LogP contribution in [0.4, 0.5) is 0 Å². The molecule has 0 radical (unpaired) electrons. The number of phenols is 3. The first-order valence-corrected chi connectivity index (χ1v) is 7.92. The molecule has 0 saturated carbocycles. The van der Waals surface area contributed by atoms with E-state index in [1.807, 2.05) is 6.08 Å². The molecule has 0 aliphatic rings. The van der Waals surface area contributed by atoms with Gasteiger partial charge in [-0.15, -0.1) is 0 Å². The van der Waals surface area contributed by atoms with Gasteiger partial charge in [0.05, 0.1) is 0 Å². The molecule has 0 heterocycles. The first-order chi connectivity index (χ1) is 13.3. The smallest absolute Gasteiger partial charge is 0.300 e. The highest BCUT2D eigenvalue weighted by Crippen LogP contribution is 2.22. The van der Waals surface area contributed by atoms with Crippen molar-refractivity contribution in [2.24, 2.45) is 0 Å². The van der Waals surface area contributed by atoms with E-state index in [1.165, 1.54) is 6.07 Å². The third kappa shape index (κ3) is 21.9. The lowest BCUT2D eigenvalue weighted by Gasteiger charge is -1.98. The largest absolute Gasteiger partial charge is 0.508 e. The number of hydrogen-bond acceptors (Lipinski definition) is 6. The van der Waals surface area contributed by atoms with Crippen LogP contribution in [0.2, 0.25) is 0 Å².